The number of carbonyl (C=O) groups is 5. The van der Waals surface area contributed by atoms with Crippen LogP contribution in [0.5, 0.6) is 11.5 Å². The molecule has 5 aliphatic rings. The number of imide groups is 2. The monoisotopic (exact) mass is 880 g/mol. The molecule has 2 saturated heterocycles. The van der Waals surface area contributed by atoms with Crippen LogP contribution in [0.4, 0.5) is 5.82 Å². The van der Waals surface area contributed by atoms with E-state index in [0.29, 0.717) is 51.5 Å². The second-order valence-corrected chi connectivity index (χ2v) is 19.9. The number of benzene rings is 2. The minimum atomic E-state index is -1.14. The standard InChI is InChI=1S/C50H56N8O7/c1-28(2)56(27-29-17-20-55(21-18-29)40-15-10-31(26-54-40)43(52)60)32-22-34(23-32)64-33-11-12-35-37(24-33)45(62)57(44(35)61)38-13-16-41(59)58(46(38)63)47-49(3,4)48(50(47,5)6)65-39-14-9-30(25-51)42-36(39)8-7-19-53-42/h7-12,14-15,19,24,26,28-29,32,34,38,47-48H,13,16-18,20-23,27H2,1-6H3,(H2,52,60). The molecule has 0 spiro atoms. The van der Waals surface area contributed by atoms with Gasteiger partial charge in [0.2, 0.25) is 11.8 Å². The normalized spacial score (nSPS) is 25.1. The Hall–Kier alpha value is -6.40. The number of ether oxygens (including phenoxy) is 2. The van der Waals surface area contributed by atoms with Gasteiger partial charge in [-0.25, -0.2) is 4.98 Å². The van der Waals surface area contributed by atoms with Crippen LogP contribution in [0.3, 0.4) is 0 Å². The minimum absolute atomic E-state index is 0.000732. The Morgan fingerprint density at radius 1 is 0.908 bits per heavy atom. The zero-order valence-electron chi connectivity index (χ0n) is 37.8. The Kier molecular flexibility index (Phi) is 11.2. The zero-order chi connectivity index (χ0) is 46.1. The first kappa shape index (κ1) is 43.8. The Bertz CT molecular complexity index is 2610. The fraction of sp³-hybridized carbons (Fsp3) is 0.480. The summed E-state index contributed by atoms with van der Waals surface area (Å²) in [6, 6.07) is 16.7. The van der Waals surface area contributed by atoms with E-state index in [1.54, 1.807) is 48.7 Å². The lowest BCUT2D eigenvalue weighted by Gasteiger charge is -2.66. The van der Waals surface area contributed by atoms with E-state index < -0.39 is 52.6 Å². The lowest BCUT2D eigenvalue weighted by atomic mass is 9.48. The summed E-state index contributed by atoms with van der Waals surface area (Å²) >= 11 is 0. The fourth-order valence-corrected chi connectivity index (χ4v) is 11.7. The van der Waals surface area contributed by atoms with E-state index in [2.05, 4.69) is 39.7 Å². The number of hydrogen-bond acceptors (Lipinski definition) is 12. The summed E-state index contributed by atoms with van der Waals surface area (Å²) in [5, 5.41) is 10.3. The molecule has 3 aliphatic heterocycles. The van der Waals surface area contributed by atoms with E-state index in [1.165, 1.54) is 11.1 Å². The summed E-state index contributed by atoms with van der Waals surface area (Å²) in [6.45, 7) is 15.0. The number of hydrogen-bond donors (Lipinski definition) is 1. The smallest absolute Gasteiger partial charge is 0.262 e. The zero-order valence-corrected chi connectivity index (χ0v) is 37.8. The van der Waals surface area contributed by atoms with Gasteiger partial charge >= 0.3 is 0 Å². The van der Waals surface area contributed by atoms with E-state index in [9.17, 15) is 29.2 Å². The summed E-state index contributed by atoms with van der Waals surface area (Å²) in [5.74, 6) is -0.0854. The Balaban J connectivity index is 0.823. The number of nitrogens with two attached hydrogens (primary N) is 1. The van der Waals surface area contributed by atoms with Crippen LogP contribution in [0.1, 0.15) is 117 Å². The fourth-order valence-electron chi connectivity index (χ4n) is 11.7. The molecule has 338 valence electrons. The third-order valence-corrected chi connectivity index (χ3v) is 14.7. The van der Waals surface area contributed by atoms with Crippen molar-refractivity contribution in [1.82, 2.24) is 24.7 Å². The van der Waals surface area contributed by atoms with E-state index in [1.807, 2.05) is 39.8 Å². The van der Waals surface area contributed by atoms with Gasteiger partial charge in [-0.2, -0.15) is 5.26 Å². The highest BCUT2D eigenvalue weighted by Gasteiger charge is 2.68. The van der Waals surface area contributed by atoms with Gasteiger partial charge in [0.05, 0.1) is 33.8 Å². The molecule has 2 aromatic heterocycles. The van der Waals surface area contributed by atoms with Gasteiger partial charge in [-0.3, -0.25) is 43.7 Å². The SMILES string of the molecule is CC(C)N(CC1CCN(c2ccc(C(N)=O)cn2)CC1)C1CC(Oc2ccc3c(c2)C(=O)N(C2CCC(=O)N(C4C(C)(C)C(Oc5ccc(C#N)c6ncccc56)C4(C)C)C2=O)C3=O)C1. The second kappa shape index (κ2) is 16.5. The molecule has 65 heavy (non-hydrogen) atoms. The van der Waals surface area contributed by atoms with Crippen molar-refractivity contribution in [2.45, 2.75) is 116 Å². The molecule has 4 fully saturated rings. The van der Waals surface area contributed by atoms with Crippen LogP contribution in [0.15, 0.2) is 67.0 Å². The molecule has 9 rings (SSSR count). The van der Waals surface area contributed by atoms with Crippen LogP contribution >= 0.6 is 0 Å². The Labute approximate surface area is 378 Å². The van der Waals surface area contributed by atoms with Gasteiger partial charge in [0.15, 0.2) is 0 Å². The van der Waals surface area contributed by atoms with Crippen molar-refractivity contribution >= 4 is 46.3 Å². The predicted molar refractivity (Wildman–Crippen MR) is 241 cm³/mol. The van der Waals surface area contributed by atoms with E-state index in [-0.39, 0.29) is 36.0 Å². The number of carbonyl (C=O) groups excluding carboxylic acids is 5. The molecule has 2 aliphatic carbocycles. The number of anilines is 1. The van der Waals surface area contributed by atoms with Crippen molar-refractivity contribution in [2.75, 3.05) is 24.5 Å². The van der Waals surface area contributed by atoms with E-state index in [0.717, 1.165) is 56.0 Å². The Morgan fingerprint density at radius 2 is 1.63 bits per heavy atom. The number of rotatable bonds is 12. The number of fused-ring (bicyclic) bond motifs is 2. The van der Waals surface area contributed by atoms with Gasteiger partial charge in [-0.1, -0.05) is 27.7 Å². The first-order chi connectivity index (χ1) is 31.0. The number of nitrogens with zero attached hydrogens (tertiary/aromatic N) is 7. The third kappa shape index (κ3) is 7.55. The number of nitriles is 1. The van der Waals surface area contributed by atoms with Crippen LogP contribution in [0.2, 0.25) is 0 Å². The van der Waals surface area contributed by atoms with E-state index >= 15 is 0 Å². The van der Waals surface area contributed by atoms with Gasteiger partial charge in [0.1, 0.15) is 41.6 Å². The molecule has 2 N–H and O–H groups in total. The molecule has 15 nitrogen and oxygen atoms in total. The maximum absolute atomic E-state index is 14.5. The molecule has 2 saturated carbocycles. The average molecular weight is 881 g/mol. The summed E-state index contributed by atoms with van der Waals surface area (Å²) in [7, 11) is 0. The lowest BCUT2D eigenvalue weighted by Crippen LogP contribution is -2.77. The van der Waals surface area contributed by atoms with Crippen LogP contribution < -0.4 is 20.1 Å². The summed E-state index contributed by atoms with van der Waals surface area (Å²) in [5.41, 5.74) is 5.70. The van der Waals surface area contributed by atoms with Gasteiger partial charge in [0, 0.05) is 79.6 Å². The third-order valence-electron chi connectivity index (χ3n) is 14.7. The van der Waals surface area contributed by atoms with Crippen LogP contribution in [-0.4, -0.2) is 110 Å². The van der Waals surface area contributed by atoms with Crippen molar-refractivity contribution in [3.63, 3.8) is 0 Å². The van der Waals surface area contributed by atoms with Gasteiger partial charge in [-0.15, -0.1) is 0 Å². The average Bonchev–Trinajstić information content (AvgIpc) is 3.51. The quantitative estimate of drug-likeness (QED) is 0.160. The lowest BCUT2D eigenvalue weighted by molar-refractivity contribution is -0.215. The number of aromatic nitrogens is 2. The van der Waals surface area contributed by atoms with Crippen molar-refractivity contribution in [1.29, 1.82) is 5.26 Å². The van der Waals surface area contributed by atoms with Gasteiger partial charge in [0.25, 0.3) is 17.7 Å². The van der Waals surface area contributed by atoms with Crippen molar-refractivity contribution in [3.8, 4) is 17.6 Å². The van der Waals surface area contributed by atoms with Gasteiger partial charge < -0.3 is 20.1 Å². The number of pyridine rings is 2. The topological polar surface area (TPSA) is 192 Å². The van der Waals surface area contributed by atoms with Crippen molar-refractivity contribution < 1.29 is 33.4 Å². The predicted octanol–water partition coefficient (Wildman–Crippen LogP) is 6.13. The molecule has 1 unspecified atom stereocenters. The molecule has 15 heteroatoms. The highest BCUT2D eigenvalue weighted by atomic mass is 16.5. The summed E-state index contributed by atoms with van der Waals surface area (Å²) in [6.07, 6.45) is 6.46. The van der Waals surface area contributed by atoms with E-state index in [4.69, 9.17) is 15.2 Å². The van der Waals surface area contributed by atoms with Crippen molar-refractivity contribution in [2.24, 2.45) is 22.5 Å². The minimum Gasteiger partial charge on any atom is -0.490 e. The molecule has 5 heterocycles. The molecule has 2 aromatic carbocycles. The number of piperidine rings is 2. The Morgan fingerprint density at radius 3 is 2.29 bits per heavy atom. The van der Waals surface area contributed by atoms with Crippen molar-refractivity contribution in [3.05, 3.63) is 89.2 Å². The molecule has 4 aromatic rings. The second-order valence-electron chi connectivity index (χ2n) is 19.9. The molecule has 0 radical (unpaired) electrons. The van der Waals surface area contributed by atoms with Crippen LogP contribution in [0.25, 0.3) is 10.9 Å². The largest absolute Gasteiger partial charge is 0.490 e. The number of likely N-dealkylation sites (tertiary alicyclic amines) is 1. The highest BCUT2D eigenvalue weighted by Crippen LogP contribution is 2.59. The molecular formula is C50H56N8O7. The highest BCUT2D eigenvalue weighted by molar-refractivity contribution is 6.23. The molecular weight excluding hydrogens is 825 g/mol. The van der Waals surface area contributed by atoms with Gasteiger partial charge in [-0.05, 0) is 93.6 Å². The number of primary amides is 1. The first-order valence-corrected chi connectivity index (χ1v) is 22.7. The molecule has 5 amide bonds. The summed E-state index contributed by atoms with van der Waals surface area (Å²) < 4.78 is 13.1. The summed E-state index contributed by atoms with van der Waals surface area (Å²) in [4.78, 5) is 83.9. The number of amides is 5. The molecule has 1 atom stereocenters. The molecule has 0 bridgehead atoms. The maximum Gasteiger partial charge on any atom is 0.262 e. The first-order valence-electron chi connectivity index (χ1n) is 22.7. The maximum atomic E-state index is 14.5. The van der Waals surface area contributed by atoms with Crippen LogP contribution in [-0.2, 0) is 9.59 Å². The van der Waals surface area contributed by atoms with Crippen LogP contribution in [0, 0.1) is 28.1 Å².